The molecule has 2 aliphatic rings. The van der Waals surface area contributed by atoms with Crippen LogP contribution in [0.25, 0.3) is 0 Å². The lowest BCUT2D eigenvalue weighted by atomic mass is 9.80. The van der Waals surface area contributed by atoms with Crippen LogP contribution < -0.4 is 4.90 Å². The maximum Gasteiger partial charge on any atom is 0.152 e. The standard InChI is InChI=1S/C23H35NO2S/c1-19(2)27(25,26)18-22-10-8-20(9-11-22)6-7-21-12-14-23(15-13-21)24-16-4-3-5-17-24/h3-4,12-15,19-20,22H,5-11,16-18H2,1-2H3. The summed E-state index contributed by atoms with van der Waals surface area (Å²) >= 11 is 0. The second kappa shape index (κ2) is 9.27. The fourth-order valence-electron chi connectivity index (χ4n) is 4.33. The van der Waals surface area contributed by atoms with Crippen LogP contribution in [0.2, 0.25) is 0 Å². The molecule has 0 atom stereocenters. The molecule has 0 unspecified atom stereocenters. The monoisotopic (exact) mass is 389 g/mol. The lowest BCUT2D eigenvalue weighted by molar-refractivity contribution is 0.278. The Morgan fingerprint density at radius 1 is 1.00 bits per heavy atom. The zero-order valence-corrected chi connectivity index (χ0v) is 17.8. The van der Waals surface area contributed by atoms with E-state index in [9.17, 15) is 8.42 Å². The van der Waals surface area contributed by atoms with Gasteiger partial charge in [-0.3, -0.25) is 0 Å². The van der Waals surface area contributed by atoms with E-state index in [0.717, 1.165) is 44.7 Å². The highest BCUT2D eigenvalue weighted by Crippen LogP contribution is 2.33. The first-order chi connectivity index (χ1) is 12.9. The molecule has 1 aliphatic heterocycles. The number of aryl methyl sites for hydroxylation is 1. The third-order valence-electron chi connectivity index (χ3n) is 6.35. The molecule has 1 aromatic rings. The summed E-state index contributed by atoms with van der Waals surface area (Å²) in [6.07, 6.45) is 12.6. The van der Waals surface area contributed by atoms with Crippen molar-refractivity contribution in [2.75, 3.05) is 23.7 Å². The van der Waals surface area contributed by atoms with Crippen LogP contribution in [-0.2, 0) is 16.3 Å². The second-order valence-electron chi connectivity index (χ2n) is 8.68. The van der Waals surface area contributed by atoms with Gasteiger partial charge in [-0.2, -0.15) is 0 Å². The smallest absolute Gasteiger partial charge is 0.152 e. The van der Waals surface area contributed by atoms with Crippen molar-refractivity contribution < 1.29 is 8.42 Å². The Bertz CT molecular complexity index is 713. The first kappa shape index (κ1) is 20.4. The highest BCUT2D eigenvalue weighted by Gasteiger charge is 2.27. The summed E-state index contributed by atoms with van der Waals surface area (Å²) in [7, 11) is -2.89. The largest absolute Gasteiger partial charge is 0.368 e. The van der Waals surface area contributed by atoms with Crippen LogP contribution in [0.1, 0.15) is 57.9 Å². The van der Waals surface area contributed by atoms with Gasteiger partial charge in [0.05, 0.1) is 11.0 Å². The maximum absolute atomic E-state index is 12.1. The minimum absolute atomic E-state index is 0.237. The minimum atomic E-state index is -2.89. The number of nitrogens with zero attached hydrogens (tertiary/aromatic N) is 1. The van der Waals surface area contributed by atoms with Gasteiger partial charge in [0.25, 0.3) is 0 Å². The fraction of sp³-hybridized carbons (Fsp3) is 0.652. The summed E-state index contributed by atoms with van der Waals surface area (Å²) in [5.41, 5.74) is 2.76. The predicted octanol–water partition coefficient (Wildman–Crippen LogP) is 5.02. The van der Waals surface area contributed by atoms with Crippen molar-refractivity contribution in [3.8, 4) is 0 Å². The quantitative estimate of drug-likeness (QED) is 0.615. The van der Waals surface area contributed by atoms with Crippen LogP contribution in [0.4, 0.5) is 5.69 Å². The molecule has 0 spiro atoms. The molecule has 1 aliphatic carbocycles. The molecular formula is C23H35NO2S. The van der Waals surface area contributed by atoms with Gasteiger partial charge < -0.3 is 4.90 Å². The molecule has 0 bridgehead atoms. The third kappa shape index (κ3) is 5.84. The number of benzene rings is 1. The molecule has 150 valence electrons. The normalized spacial score (nSPS) is 23.7. The number of hydrogen-bond donors (Lipinski definition) is 0. The van der Waals surface area contributed by atoms with Gasteiger partial charge in [0.1, 0.15) is 0 Å². The molecule has 1 aromatic carbocycles. The van der Waals surface area contributed by atoms with Gasteiger partial charge >= 0.3 is 0 Å². The van der Waals surface area contributed by atoms with E-state index in [-0.39, 0.29) is 5.25 Å². The van der Waals surface area contributed by atoms with Crippen molar-refractivity contribution in [3.63, 3.8) is 0 Å². The van der Waals surface area contributed by atoms with Crippen molar-refractivity contribution in [1.82, 2.24) is 0 Å². The molecule has 1 saturated carbocycles. The molecule has 1 fully saturated rings. The Kier molecular flexibility index (Phi) is 7.02. The van der Waals surface area contributed by atoms with Crippen LogP contribution in [0.5, 0.6) is 0 Å². The van der Waals surface area contributed by atoms with Crippen LogP contribution >= 0.6 is 0 Å². The Morgan fingerprint density at radius 2 is 1.67 bits per heavy atom. The van der Waals surface area contributed by atoms with E-state index in [1.165, 1.54) is 30.5 Å². The number of hydrogen-bond acceptors (Lipinski definition) is 3. The lowest BCUT2D eigenvalue weighted by Gasteiger charge is -2.29. The molecule has 0 saturated heterocycles. The molecule has 0 amide bonds. The highest BCUT2D eigenvalue weighted by molar-refractivity contribution is 7.91. The van der Waals surface area contributed by atoms with Gasteiger partial charge in [-0.05, 0) is 75.5 Å². The molecule has 0 aromatic heterocycles. The van der Waals surface area contributed by atoms with Gasteiger partial charge in [0.2, 0.25) is 0 Å². The van der Waals surface area contributed by atoms with E-state index in [4.69, 9.17) is 0 Å². The van der Waals surface area contributed by atoms with Gasteiger partial charge in [-0.1, -0.05) is 37.1 Å². The van der Waals surface area contributed by atoms with Gasteiger partial charge in [-0.25, -0.2) is 8.42 Å². The molecule has 3 rings (SSSR count). The first-order valence-corrected chi connectivity index (χ1v) is 12.4. The second-order valence-corrected chi connectivity index (χ2v) is 11.3. The fourth-order valence-corrected chi connectivity index (χ4v) is 5.70. The average Bonchev–Trinajstić information content (AvgIpc) is 2.68. The van der Waals surface area contributed by atoms with E-state index in [1.54, 1.807) is 13.8 Å². The third-order valence-corrected chi connectivity index (χ3v) is 8.73. The van der Waals surface area contributed by atoms with Crippen molar-refractivity contribution in [1.29, 1.82) is 0 Å². The molecule has 27 heavy (non-hydrogen) atoms. The van der Waals surface area contributed by atoms with Crippen molar-refractivity contribution in [2.24, 2.45) is 11.8 Å². The van der Waals surface area contributed by atoms with Crippen LogP contribution in [0.3, 0.4) is 0 Å². The summed E-state index contributed by atoms with van der Waals surface area (Å²) in [6, 6.07) is 9.10. The summed E-state index contributed by atoms with van der Waals surface area (Å²) in [5.74, 6) is 1.53. The van der Waals surface area contributed by atoms with E-state index >= 15 is 0 Å². The first-order valence-electron chi connectivity index (χ1n) is 10.6. The number of rotatable bonds is 7. The SMILES string of the molecule is CC(C)S(=O)(=O)CC1CCC(CCc2ccc(N3CC=CCC3)cc2)CC1. The zero-order valence-electron chi connectivity index (χ0n) is 16.9. The molecule has 3 nitrogen and oxygen atoms in total. The van der Waals surface area contributed by atoms with Crippen LogP contribution in [0, 0.1) is 11.8 Å². The average molecular weight is 390 g/mol. The molecule has 0 N–H and O–H groups in total. The van der Waals surface area contributed by atoms with Crippen LogP contribution in [0.15, 0.2) is 36.4 Å². The lowest BCUT2D eigenvalue weighted by Crippen LogP contribution is -2.26. The Hall–Kier alpha value is -1.29. The van der Waals surface area contributed by atoms with Gasteiger partial charge in [0.15, 0.2) is 9.84 Å². The van der Waals surface area contributed by atoms with Gasteiger partial charge in [0, 0.05) is 18.8 Å². The van der Waals surface area contributed by atoms with Crippen molar-refractivity contribution in [3.05, 3.63) is 42.0 Å². The van der Waals surface area contributed by atoms with E-state index < -0.39 is 9.84 Å². The number of sulfone groups is 1. The van der Waals surface area contributed by atoms with Gasteiger partial charge in [-0.15, -0.1) is 0 Å². The zero-order chi connectivity index (χ0) is 19.3. The summed E-state index contributed by atoms with van der Waals surface area (Å²) < 4.78 is 24.3. The van der Waals surface area contributed by atoms with E-state index in [2.05, 4.69) is 41.3 Å². The maximum atomic E-state index is 12.1. The Labute approximate surface area is 165 Å². The highest BCUT2D eigenvalue weighted by atomic mass is 32.2. The van der Waals surface area contributed by atoms with E-state index in [1.807, 2.05) is 0 Å². The predicted molar refractivity (Wildman–Crippen MR) is 115 cm³/mol. The number of anilines is 1. The molecule has 0 radical (unpaired) electrons. The molecular weight excluding hydrogens is 354 g/mol. The minimum Gasteiger partial charge on any atom is -0.368 e. The summed E-state index contributed by atoms with van der Waals surface area (Å²) in [6.45, 7) is 5.74. The summed E-state index contributed by atoms with van der Waals surface area (Å²) in [5, 5.41) is -0.237. The summed E-state index contributed by atoms with van der Waals surface area (Å²) in [4.78, 5) is 2.43. The van der Waals surface area contributed by atoms with Crippen LogP contribution in [-0.4, -0.2) is 32.5 Å². The Balaban J connectivity index is 1.41. The van der Waals surface area contributed by atoms with Crippen molar-refractivity contribution >= 4 is 15.5 Å². The molecule has 1 heterocycles. The Morgan fingerprint density at radius 3 is 2.26 bits per heavy atom. The van der Waals surface area contributed by atoms with E-state index in [0.29, 0.717) is 11.7 Å². The van der Waals surface area contributed by atoms with Crippen molar-refractivity contribution in [2.45, 2.75) is 64.0 Å². The topological polar surface area (TPSA) is 37.4 Å². The molecule has 4 heteroatoms.